The predicted octanol–water partition coefficient (Wildman–Crippen LogP) is 3.35. The van der Waals surface area contributed by atoms with Crippen LogP contribution in [-0.2, 0) is 10.2 Å². The van der Waals surface area contributed by atoms with Gasteiger partial charge >= 0.3 is 6.03 Å². The first-order valence-electron chi connectivity index (χ1n) is 8.29. The number of imide groups is 1. The summed E-state index contributed by atoms with van der Waals surface area (Å²) in [5.41, 5.74) is 7.09. The summed E-state index contributed by atoms with van der Waals surface area (Å²) in [6.45, 7) is 10.2. The first kappa shape index (κ1) is 20.0. The summed E-state index contributed by atoms with van der Waals surface area (Å²) >= 11 is 1.11. The molecule has 0 fully saturated rings. The maximum Gasteiger partial charge on any atom is 0.318 e. The number of thioether (sulfide) groups is 1. The van der Waals surface area contributed by atoms with Crippen LogP contribution in [0.3, 0.4) is 0 Å². The number of nitrogens with two attached hydrogens (primary N) is 1. The summed E-state index contributed by atoms with van der Waals surface area (Å²) in [7, 11) is 0. The maximum atomic E-state index is 12.1. The van der Waals surface area contributed by atoms with Gasteiger partial charge in [-0.2, -0.15) is 0 Å². The number of rotatable bonds is 5. The fraction of sp³-hybridized carbons (Fsp3) is 0.444. The lowest BCUT2D eigenvalue weighted by atomic mass is 9.87. The van der Waals surface area contributed by atoms with Crippen molar-refractivity contribution in [3.63, 3.8) is 0 Å². The Morgan fingerprint density at radius 3 is 2.27 bits per heavy atom. The van der Waals surface area contributed by atoms with Crippen LogP contribution in [0.1, 0.15) is 40.2 Å². The topological polar surface area (TPSA) is 111 Å². The van der Waals surface area contributed by atoms with E-state index in [0.29, 0.717) is 5.89 Å². The second-order valence-electron chi connectivity index (χ2n) is 7.34. The van der Waals surface area contributed by atoms with E-state index >= 15 is 0 Å². The van der Waals surface area contributed by atoms with E-state index in [-0.39, 0.29) is 16.6 Å². The van der Waals surface area contributed by atoms with E-state index in [1.165, 1.54) is 5.56 Å². The van der Waals surface area contributed by atoms with Gasteiger partial charge in [-0.05, 0) is 29.0 Å². The number of carbonyl (C=O) groups is 2. The molecule has 1 heterocycles. The second-order valence-corrected chi connectivity index (χ2v) is 8.43. The molecular weight excluding hydrogens is 352 g/mol. The van der Waals surface area contributed by atoms with E-state index in [1.807, 2.05) is 38.1 Å². The molecule has 0 bridgehead atoms. The van der Waals surface area contributed by atoms with Gasteiger partial charge in [0.15, 0.2) is 0 Å². The standard InChI is InChI=1S/C18H24N4O3S/c1-10(2)13(14(23)20-16(19)24)26-17-22-21-15(25-17)11-6-8-12(9-7-11)18(3,4)5/h6-10,13H,1-5H3,(H3,19,20,23,24)/t13-/m0/s1. The van der Waals surface area contributed by atoms with Crippen molar-refractivity contribution in [2.75, 3.05) is 0 Å². The van der Waals surface area contributed by atoms with Gasteiger partial charge in [0.1, 0.15) is 0 Å². The molecule has 0 radical (unpaired) electrons. The normalized spacial score (nSPS) is 12.8. The second kappa shape index (κ2) is 7.90. The molecule has 26 heavy (non-hydrogen) atoms. The molecule has 3 amide bonds. The van der Waals surface area contributed by atoms with E-state index in [9.17, 15) is 9.59 Å². The Balaban J connectivity index is 2.15. The van der Waals surface area contributed by atoms with Gasteiger partial charge in [0.2, 0.25) is 11.8 Å². The number of hydrogen-bond donors (Lipinski definition) is 2. The monoisotopic (exact) mass is 376 g/mol. The number of nitrogens with one attached hydrogen (secondary N) is 1. The zero-order valence-electron chi connectivity index (χ0n) is 15.6. The van der Waals surface area contributed by atoms with Crippen LogP contribution < -0.4 is 11.1 Å². The minimum absolute atomic E-state index is 0.0548. The largest absolute Gasteiger partial charge is 0.411 e. The SMILES string of the molecule is CC(C)[C@H](Sc1nnc(-c2ccc(C(C)(C)C)cc2)o1)C(=O)NC(N)=O. The zero-order chi connectivity index (χ0) is 19.5. The van der Waals surface area contributed by atoms with Crippen LogP contribution in [-0.4, -0.2) is 27.4 Å². The van der Waals surface area contributed by atoms with E-state index < -0.39 is 17.2 Å². The van der Waals surface area contributed by atoms with Gasteiger partial charge in [-0.3, -0.25) is 10.1 Å². The number of primary amides is 1. The molecule has 1 aromatic heterocycles. The Morgan fingerprint density at radius 2 is 1.77 bits per heavy atom. The molecule has 1 atom stereocenters. The van der Waals surface area contributed by atoms with Crippen molar-refractivity contribution in [1.82, 2.24) is 15.5 Å². The molecule has 2 rings (SSSR count). The van der Waals surface area contributed by atoms with Crippen LogP contribution in [0.5, 0.6) is 0 Å². The number of aromatic nitrogens is 2. The fourth-order valence-corrected chi connectivity index (χ4v) is 3.15. The number of hydrogen-bond acceptors (Lipinski definition) is 6. The molecule has 3 N–H and O–H groups in total. The number of nitrogens with zero attached hydrogens (tertiary/aromatic N) is 2. The van der Waals surface area contributed by atoms with Crippen molar-refractivity contribution in [2.45, 2.75) is 50.5 Å². The van der Waals surface area contributed by atoms with E-state index in [2.05, 4.69) is 36.3 Å². The van der Waals surface area contributed by atoms with Crippen LogP contribution >= 0.6 is 11.8 Å². The van der Waals surface area contributed by atoms with Gasteiger partial charge in [0, 0.05) is 5.56 Å². The molecule has 0 unspecified atom stereocenters. The number of amides is 3. The smallest absolute Gasteiger partial charge is 0.318 e. The van der Waals surface area contributed by atoms with Gasteiger partial charge in [0.25, 0.3) is 5.22 Å². The van der Waals surface area contributed by atoms with Crippen molar-refractivity contribution in [1.29, 1.82) is 0 Å². The highest BCUT2D eigenvalue weighted by Gasteiger charge is 2.27. The van der Waals surface area contributed by atoms with Crippen molar-refractivity contribution < 1.29 is 14.0 Å². The Labute approximate surface area is 157 Å². The van der Waals surface area contributed by atoms with Gasteiger partial charge in [0.05, 0.1) is 5.25 Å². The molecule has 1 aromatic carbocycles. The first-order chi connectivity index (χ1) is 12.1. The molecule has 140 valence electrons. The van der Waals surface area contributed by atoms with Crippen LogP contribution in [0.25, 0.3) is 11.5 Å². The van der Waals surface area contributed by atoms with Gasteiger partial charge < -0.3 is 10.2 Å². The Bertz CT molecular complexity index is 778. The van der Waals surface area contributed by atoms with E-state index in [0.717, 1.165) is 17.3 Å². The van der Waals surface area contributed by atoms with E-state index in [4.69, 9.17) is 10.2 Å². The Kier molecular flexibility index (Phi) is 6.07. The summed E-state index contributed by atoms with van der Waals surface area (Å²) in [6, 6.07) is 7.05. The minimum Gasteiger partial charge on any atom is -0.411 e. The number of benzene rings is 1. The van der Waals surface area contributed by atoms with Crippen LogP contribution in [0.15, 0.2) is 33.9 Å². The lowest BCUT2D eigenvalue weighted by Crippen LogP contribution is -2.42. The lowest BCUT2D eigenvalue weighted by Gasteiger charge is -2.18. The molecule has 0 aliphatic rings. The molecule has 0 saturated carbocycles. The first-order valence-corrected chi connectivity index (χ1v) is 9.17. The van der Waals surface area contributed by atoms with Crippen molar-refractivity contribution in [2.24, 2.45) is 11.7 Å². The van der Waals surface area contributed by atoms with Crippen LogP contribution in [0.4, 0.5) is 4.79 Å². The highest BCUT2D eigenvalue weighted by Crippen LogP contribution is 2.30. The number of carbonyl (C=O) groups excluding carboxylic acids is 2. The molecule has 0 saturated heterocycles. The van der Waals surface area contributed by atoms with Crippen molar-refractivity contribution >= 4 is 23.7 Å². The third-order valence-electron chi connectivity index (χ3n) is 3.74. The summed E-state index contributed by atoms with van der Waals surface area (Å²) in [5.74, 6) is -0.154. The minimum atomic E-state index is -0.883. The third kappa shape index (κ3) is 5.08. The molecule has 0 aliphatic heterocycles. The van der Waals surface area contributed by atoms with E-state index in [1.54, 1.807) is 0 Å². The summed E-state index contributed by atoms with van der Waals surface area (Å²) < 4.78 is 5.68. The predicted molar refractivity (Wildman–Crippen MR) is 101 cm³/mol. The average Bonchev–Trinajstić information content (AvgIpc) is 2.99. The molecule has 2 aromatic rings. The fourth-order valence-electron chi connectivity index (χ4n) is 2.28. The quantitative estimate of drug-likeness (QED) is 0.774. The molecule has 0 spiro atoms. The van der Waals surface area contributed by atoms with Gasteiger partial charge in [-0.25, -0.2) is 4.79 Å². The molecule has 8 heteroatoms. The molecular formula is C18H24N4O3S. The Morgan fingerprint density at radius 1 is 1.15 bits per heavy atom. The van der Waals surface area contributed by atoms with Gasteiger partial charge in [-0.15, -0.1) is 10.2 Å². The van der Waals surface area contributed by atoms with Crippen LogP contribution in [0, 0.1) is 5.92 Å². The highest BCUT2D eigenvalue weighted by molar-refractivity contribution is 8.00. The number of urea groups is 1. The van der Waals surface area contributed by atoms with Crippen molar-refractivity contribution in [3.8, 4) is 11.5 Å². The lowest BCUT2D eigenvalue weighted by molar-refractivity contribution is -0.120. The highest BCUT2D eigenvalue weighted by atomic mass is 32.2. The average molecular weight is 376 g/mol. The zero-order valence-corrected chi connectivity index (χ0v) is 16.4. The van der Waals surface area contributed by atoms with Gasteiger partial charge in [-0.1, -0.05) is 58.5 Å². The third-order valence-corrected chi connectivity index (χ3v) is 5.12. The summed E-state index contributed by atoms with van der Waals surface area (Å²) in [5, 5.41) is 9.83. The summed E-state index contributed by atoms with van der Waals surface area (Å²) in [4.78, 5) is 23.0. The molecule has 0 aliphatic carbocycles. The molecule has 7 nitrogen and oxygen atoms in total. The maximum absolute atomic E-state index is 12.1. The van der Waals surface area contributed by atoms with Crippen molar-refractivity contribution in [3.05, 3.63) is 29.8 Å². The Hall–Kier alpha value is -2.35. The van der Waals surface area contributed by atoms with Crippen LogP contribution in [0.2, 0.25) is 0 Å². The summed E-state index contributed by atoms with van der Waals surface area (Å²) in [6.07, 6.45) is 0.